The number of ether oxygens (including phenoxy) is 1. The molecule has 1 N–H and O–H groups in total. The highest BCUT2D eigenvalue weighted by Crippen LogP contribution is 2.39. The van der Waals surface area contributed by atoms with Gasteiger partial charge in [0.1, 0.15) is 5.75 Å². The number of hydrogen-bond donors (Lipinski definition) is 1. The van der Waals surface area contributed by atoms with Gasteiger partial charge in [0.2, 0.25) is 0 Å². The van der Waals surface area contributed by atoms with Crippen LogP contribution in [0.15, 0.2) is 12.1 Å². The fourth-order valence-corrected chi connectivity index (χ4v) is 3.70. The molecule has 2 heterocycles. The summed E-state index contributed by atoms with van der Waals surface area (Å²) in [5.74, 6) is 1.01. The lowest BCUT2D eigenvalue weighted by Crippen LogP contribution is -2.48. The molecule has 0 radical (unpaired) electrons. The third kappa shape index (κ3) is 2.15. The Hall–Kier alpha value is -1.06. The minimum Gasteiger partial charge on any atom is -0.496 e. The fourth-order valence-electron chi connectivity index (χ4n) is 3.70. The molecule has 0 unspecified atom stereocenters. The molecule has 0 spiro atoms. The Kier molecular flexibility index (Phi) is 3.50. The van der Waals surface area contributed by atoms with Crippen molar-refractivity contribution in [1.29, 1.82) is 0 Å². The van der Waals surface area contributed by atoms with E-state index < -0.39 is 0 Å². The first-order chi connectivity index (χ1) is 9.22. The van der Waals surface area contributed by atoms with Crippen molar-refractivity contribution in [3.63, 3.8) is 0 Å². The number of rotatable bonds is 2. The Morgan fingerprint density at radius 1 is 1.21 bits per heavy atom. The van der Waals surface area contributed by atoms with E-state index in [-0.39, 0.29) is 0 Å². The van der Waals surface area contributed by atoms with Gasteiger partial charge in [0.05, 0.1) is 7.11 Å². The van der Waals surface area contributed by atoms with Crippen LogP contribution in [-0.4, -0.2) is 37.7 Å². The Morgan fingerprint density at radius 2 is 2.05 bits per heavy atom. The van der Waals surface area contributed by atoms with Crippen molar-refractivity contribution in [2.24, 2.45) is 0 Å². The second-order valence-corrected chi connectivity index (χ2v) is 5.80. The number of methoxy groups -OCH3 is 1. The summed E-state index contributed by atoms with van der Waals surface area (Å²) in [6.07, 6.45) is 2.61. The second-order valence-electron chi connectivity index (χ2n) is 5.80. The predicted molar refractivity (Wildman–Crippen MR) is 77.8 cm³/mol. The Bertz CT molecular complexity index is 472. The minimum atomic E-state index is 0.608. The van der Waals surface area contributed by atoms with Crippen LogP contribution in [0.4, 0.5) is 0 Å². The van der Waals surface area contributed by atoms with Gasteiger partial charge in [-0.25, -0.2) is 0 Å². The van der Waals surface area contributed by atoms with Gasteiger partial charge in [-0.15, -0.1) is 0 Å². The van der Waals surface area contributed by atoms with Crippen LogP contribution in [0.3, 0.4) is 0 Å². The maximum absolute atomic E-state index is 5.43. The molecule has 1 aromatic rings. The summed E-state index contributed by atoms with van der Waals surface area (Å²) in [5.41, 5.74) is 4.20. The molecule has 0 aliphatic carbocycles. The minimum absolute atomic E-state index is 0.608. The molecule has 3 heteroatoms. The van der Waals surface area contributed by atoms with Crippen molar-refractivity contribution in [2.75, 3.05) is 26.7 Å². The lowest BCUT2D eigenvalue weighted by Gasteiger charge is -2.35. The highest BCUT2D eigenvalue weighted by molar-refractivity contribution is 5.45. The monoisotopic (exact) mass is 260 g/mol. The van der Waals surface area contributed by atoms with Crippen LogP contribution in [-0.2, 0) is 0 Å². The first-order valence-corrected chi connectivity index (χ1v) is 7.33. The van der Waals surface area contributed by atoms with Gasteiger partial charge in [0, 0.05) is 31.7 Å². The van der Waals surface area contributed by atoms with E-state index in [1.54, 1.807) is 7.11 Å². The number of nitrogens with zero attached hydrogens (tertiary/aromatic N) is 1. The average molecular weight is 260 g/mol. The standard InChI is InChI=1S/C16H24N2O/c1-11-12(2)16(19-3)7-5-14(11)15-6-4-13-10-17-8-9-18(13)15/h5,7,13,15,17H,4,6,8-10H2,1-3H3/t13-,15+/m1/s1. The van der Waals surface area contributed by atoms with Crippen molar-refractivity contribution in [3.05, 3.63) is 28.8 Å². The van der Waals surface area contributed by atoms with Crippen molar-refractivity contribution in [2.45, 2.75) is 38.8 Å². The molecule has 2 saturated heterocycles. The maximum Gasteiger partial charge on any atom is 0.122 e. The molecule has 104 valence electrons. The molecule has 0 bridgehead atoms. The molecule has 2 atom stereocenters. The van der Waals surface area contributed by atoms with Gasteiger partial charge in [-0.05, 0) is 49.4 Å². The molecule has 0 aromatic heterocycles. The van der Waals surface area contributed by atoms with Gasteiger partial charge in [0.15, 0.2) is 0 Å². The molecule has 0 saturated carbocycles. The second kappa shape index (κ2) is 5.14. The zero-order valence-corrected chi connectivity index (χ0v) is 12.2. The number of hydrogen-bond acceptors (Lipinski definition) is 3. The number of nitrogens with one attached hydrogen (secondary N) is 1. The summed E-state index contributed by atoms with van der Waals surface area (Å²) >= 11 is 0. The van der Waals surface area contributed by atoms with Crippen molar-refractivity contribution in [3.8, 4) is 5.75 Å². The topological polar surface area (TPSA) is 24.5 Å². The first-order valence-electron chi connectivity index (χ1n) is 7.33. The van der Waals surface area contributed by atoms with Crippen LogP contribution in [0, 0.1) is 13.8 Å². The first kappa shape index (κ1) is 12.9. The summed E-state index contributed by atoms with van der Waals surface area (Å²) < 4.78 is 5.43. The van der Waals surface area contributed by atoms with Crippen LogP contribution in [0.1, 0.15) is 35.6 Å². The number of piperazine rings is 1. The van der Waals surface area contributed by atoms with Crippen LogP contribution in [0.2, 0.25) is 0 Å². The van der Waals surface area contributed by atoms with E-state index in [0.717, 1.165) is 24.9 Å². The molecule has 2 aliphatic rings. The molecule has 3 rings (SSSR count). The van der Waals surface area contributed by atoms with Gasteiger partial charge in [-0.2, -0.15) is 0 Å². The Morgan fingerprint density at radius 3 is 2.84 bits per heavy atom. The van der Waals surface area contributed by atoms with Gasteiger partial charge in [-0.1, -0.05) is 6.07 Å². The van der Waals surface area contributed by atoms with Gasteiger partial charge < -0.3 is 10.1 Å². The normalized spacial score (nSPS) is 27.3. The molecule has 0 amide bonds. The summed E-state index contributed by atoms with van der Waals surface area (Å²) in [7, 11) is 1.75. The molecule has 19 heavy (non-hydrogen) atoms. The number of benzene rings is 1. The lowest BCUT2D eigenvalue weighted by molar-refractivity contribution is 0.161. The van der Waals surface area contributed by atoms with Crippen molar-refractivity contribution in [1.82, 2.24) is 10.2 Å². The average Bonchev–Trinajstić information content (AvgIpc) is 2.86. The highest BCUT2D eigenvalue weighted by Gasteiger charge is 2.36. The highest BCUT2D eigenvalue weighted by atomic mass is 16.5. The third-order valence-corrected chi connectivity index (χ3v) is 4.93. The molecular weight excluding hydrogens is 236 g/mol. The van der Waals surface area contributed by atoms with Gasteiger partial charge in [-0.3, -0.25) is 4.90 Å². The van der Waals surface area contributed by atoms with Crippen LogP contribution in [0.5, 0.6) is 5.75 Å². The number of fused-ring (bicyclic) bond motifs is 1. The zero-order chi connectivity index (χ0) is 13.4. The van der Waals surface area contributed by atoms with E-state index in [2.05, 4.69) is 36.2 Å². The summed E-state index contributed by atoms with van der Waals surface area (Å²) in [6.45, 7) is 7.87. The van der Waals surface area contributed by atoms with E-state index in [9.17, 15) is 0 Å². The fraction of sp³-hybridized carbons (Fsp3) is 0.625. The van der Waals surface area contributed by atoms with E-state index in [1.807, 2.05) is 0 Å². The third-order valence-electron chi connectivity index (χ3n) is 4.93. The van der Waals surface area contributed by atoms with Crippen molar-refractivity contribution < 1.29 is 4.74 Å². The van der Waals surface area contributed by atoms with Crippen LogP contribution in [0.25, 0.3) is 0 Å². The van der Waals surface area contributed by atoms with Crippen LogP contribution < -0.4 is 10.1 Å². The summed E-state index contributed by atoms with van der Waals surface area (Å²) in [5, 5.41) is 3.51. The summed E-state index contributed by atoms with van der Waals surface area (Å²) in [4.78, 5) is 2.70. The van der Waals surface area contributed by atoms with Gasteiger partial charge >= 0.3 is 0 Å². The Balaban J connectivity index is 1.92. The molecule has 2 aliphatic heterocycles. The zero-order valence-electron chi connectivity index (χ0n) is 12.2. The Labute approximate surface area is 115 Å². The van der Waals surface area contributed by atoms with E-state index in [0.29, 0.717) is 6.04 Å². The van der Waals surface area contributed by atoms with E-state index in [1.165, 1.54) is 36.1 Å². The molecule has 3 nitrogen and oxygen atoms in total. The van der Waals surface area contributed by atoms with Crippen LogP contribution >= 0.6 is 0 Å². The molecule has 1 aromatic carbocycles. The summed E-state index contributed by atoms with van der Waals surface area (Å²) in [6, 6.07) is 5.75. The smallest absolute Gasteiger partial charge is 0.122 e. The van der Waals surface area contributed by atoms with E-state index in [4.69, 9.17) is 4.74 Å². The molecule has 2 fully saturated rings. The van der Waals surface area contributed by atoms with E-state index >= 15 is 0 Å². The SMILES string of the molecule is COc1ccc([C@@H]2CC[C@@H]3CNCCN32)c(C)c1C. The van der Waals surface area contributed by atoms with Gasteiger partial charge in [0.25, 0.3) is 0 Å². The quantitative estimate of drug-likeness (QED) is 0.884. The maximum atomic E-state index is 5.43. The molecular formula is C16H24N2O. The predicted octanol–water partition coefficient (Wildman–Crippen LogP) is 2.42. The van der Waals surface area contributed by atoms with Crippen molar-refractivity contribution >= 4 is 0 Å². The largest absolute Gasteiger partial charge is 0.496 e. The lowest BCUT2D eigenvalue weighted by atomic mass is 9.95.